The van der Waals surface area contributed by atoms with Gasteiger partial charge in [0.1, 0.15) is 0 Å². The molecule has 0 N–H and O–H groups in total. The van der Waals surface area contributed by atoms with Crippen LogP contribution < -0.4 is 4.90 Å². The SMILES string of the molecule is CN1CCN(OC(=O)N(C)c2ccc(C3CN(C)Cc4c(Cl)cc(Cl)cc43)cc2)CC1. The summed E-state index contributed by atoms with van der Waals surface area (Å²) in [6, 6.07) is 11.9. The highest BCUT2D eigenvalue weighted by atomic mass is 35.5. The van der Waals surface area contributed by atoms with E-state index >= 15 is 0 Å². The van der Waals surface area contributed by atoms with E-state index in [2.05, 4.69) is 36.0 Å². The van der Waals surface area contributed by atoms with Crippen molar-refractivity contribution in [3.8, 4) is 0 Å². The molecule has 1 fully saturated rings. The third-order valence-electron chi connectivity index (χ3n) is 6.12. The molecule has 2 aromatic rings. The van der Waals surface area contributed by atoms with Crippen molar-refractivity contribution >= 4 is 35.0 Å². The van der Waals surface area contributed by atoms with E-state index in [0.717, 1.165) is 56.1 Å². The molecule has 1 unspecified atom stereocenters. The van der Waals surface area contributed by atoms with Crippen LogP contribution in [0.3, 0.4) is 0 Å². The van der Waals surface area contributed by atoms with Gasteiger partial charge >= 0.3 is 6.09 Å². The van der Waals surface area contributed by atoms with Crippen LogP contribution in [0.4, 0.5) is 10.5 Å². The number of likely N-dealkylation sites (N-methyl/N-ethyl adjacent to an activating group) is 2. The van der Waals surface area contributed by atoms with Gasteiger partial charge in [-0.3, -0.25) is 4.90 Å². The molecule has 1 atom stereocenters. The second kappa shape index (κ2) is 9.35. The van der Waals surface area contributed by atoms with Gasteiger partial charge in [-0.25, -0.2) is 4.79 Å². The number of carbonyl (C=O) groups excluding carboxylic acids is 1. The molecule has 0 saturated carbocycles. The Labute approximate surface area is 193 Å². The summed E-state index contributed by atoms with van der Waals surface area (Å²) < 4.78 is 0. The van der Waals surface area contributed by atoms with E-state index in [1.807, 2.05) is 24.3 Å². The van der Waals surface area contributed by atoms with Crippen molar-refractivity contribution in [2.45, 2.75) is 12.5 Å². The molecule has 4 rings (SSSR count). The van der Waals surface area contributed by atoms with Gasteiger partial charge in [0.05, 0.1) is 0 Å². The smallest absolute Gasteiger partial charge is 0.351 e. The van der Waals surface area contributed by atoms with Crippen LogP contribution in [-0.2, 0) is 11.4 Å². The fourth-order valence-corrected chi connectivity index (χ4v) is 4.79. The summed E-state index contributed by atoms with van der Waals surface area (Å²) in [6.45, 7) is 4.89. The fraction of sp³-hybridized carbons (Fsp3) is 0.435. The van der Waals surface area contributed by atoms with Crippen molar-refractivity contribution in [2.75, 3.05) is 58.8 Å². The third kappa shape index (κ3) is 4.99. The number of hydrogen-bond donors (Lipinski definition) is 0. The van der Waals surface area contributed by atoms with Crippen LogP contribution in [0.15, 0.2) is 36.4 Å². The molecule has 0 aromatic heterocycles. The monoisotopic (exact) mass is 462 g/mol. The summed E-state index contributed by atoms with van der Waals surface area (Å²) >= 11 is 12.8. The maximum atomic E-state index is 12.6. The summed E-state index contributed by atoms with van der Waals surface area (Å²) in [7, 11) is 5.89. The van der Waals surface area contributed by atoms with E-state index in [9.17, 15) is 4.79 Å². The molecule has 0 spiro atoms. The molecule has 0 aliphatic carbocycles. The zero-order valence-electron chi connectivity index (χ0n) is 18.1. The van der Waals surface area contributed by atoms with Crippen molar-refractivity contribution < 1.29 is 9.63 Å². The molecule has 2 aliphatic rings. The molecule has 2 aliphatic heterocycles. The Kier molecular flexibility index (Phi) is 6.74. The van der Waals surface area contributed by atoms with Crippen molar-refractivity contribution in [3.63, 3.8) is 0 Å². The number of nitrogens with zero attached hydrogens (tertiary/aromatic N) is 4. The number of halogens is 2. The van der Waals surface area contributed by atoms with E-state index in [-0.39, 0.29) is 12.0 Å². The maximum absolute atomic E-state index is 12.6. The van der Waals surface area contributed by atoms with Crippen LogP contribution in [0.2, 0.25) is 10.0 Å². The molecule has 6 nitrogen and oxygen atoms in total. The molecule has 1 amide bonds. The fourth-order valence-electron chi connectivity index (χ4n) is 4.22. The Morgan fingerprint density at radius 3 is 2.39 bits per heavy atom. The number of carbonyl (C=O) groups is 1. The number of piperazine rings is 1. The van der Waals surface area contributed by atoms with E-state index in [1.165, 1.54) is 10.5 Å². The normalized spacial score (nSPS) is 20.4. The first-order valence-corrected chi connectivity index (χ1v) is 11.2. The minimum atomic E-state index is -0.376. The summed E-state index contributed by atoms with van der Waals surface area (Å²) in [5, 5.41) is 3.10. The highest BCUT2D eigenvalue weighted by Gasteiger charge is 2.27. The van der Waals surface area contributed by atoms with E-state index in [0.29, 0.717) is 10.0 Å². The van der Waals surface area contributed by atoms with Crippen LogP contribution in [0.5, 0.6) is 0 Å². The molecule has 0 bridgehead atoms. The molecule has 2 heterocycles. The van der Waals surface area contributed by atoms with Gasteiger partial charge < -0.3 is 14.6 Å². The predicted molar refractivity (Wildman–Crippen MR) is 125 cm³/mol. The van der Waals surface area contributed by atoms with Crippen molar-refractivity contribution in [3.05, 3.63) is 63.1 Å². The van der Waals surface area contributed by atoms with Crippen LogP contribution in [-0.4, -0.2) is 74.8 Å². The molecule has 2 aromatic carbocycles. The Morgan fingerprint density at radius 1 is 1.03 bits per heavy atom. The number of amides is 1. The number of fused-ring (bicyclic) bond motifs is 1. The van der Waals surface area contributed by atoms with E-state index < -0.39 is 0 Å². The van der Waals surface area contributed by atoms with Crippen molar-refractivity contribution in [1.82, 2.24) is 14.9 Å². The minimum absolute atomic E-state index is 0.168. The quantitative estimate of drug-likeness (QED) is 0.679. The molecule has 166 valence electrons. The average molecular weight is 463 g/mol. The number of hydrogen-bond acceptors (Lipinski definition) is 5. The lowest BCUT2D eigenvalue weighted by Gasteiger charge is -2.33. The van der Waals surface area contributed by atoms with Gasteiger partial charge in [-0.1, -0.05) is 35.3 Å². The first kappa shape index (κ1) is 22.4. The van der Waals surface area contributed by atoms with Crippen LogP contribution in [0.25, 0.3) is 0 Å². The lowest BCUT2D eigenvalue weighted by atomic mass is 9.84. The summed E-state index contributed by atoms with van der Waals surface area (Å²) in [5.74, 6) is 0.168. The van der Waals surface area contributed by atoms with Crippen LogP contribution >= 0.6 is 23.2 Å². The Bertz CT molecular complexity index is 945. The Balaban J connectivity index is 1.49. The largest absolute Gasteiger partial charge is 0.433 e. The van der Waals surface area contributed by atoms with Gasteiger partial charge in [0.2, 0.25) is 0 Å². The number of hydroxylamine groups is 2. The standard InChI is InChI=1S/C23H28Cl2N4O2/c1-26-8-10-29(11-9-26)31-23(30)28(3)18-6-4-16(5-7-18)20-14-27(2)15-21-19(20)12-17(24)13-22(21)25/h4-7,12-13,20H,8-11,14-15H2,1-3H3. The number of anilines is 1. The molecule has 1 saturated heterocycles. The van der Waals surface area contributed by atoms with Gasteiger partial charge in [0.25, 0.3) is 0 Å². The van der Waals surface area contributed by atoms with Crippen molar-refractivity contribution in [2.24, 2.45) is 0 Å². The average Bonchev–Trinajstić information content (AvgIpc) is 2.75. The molecule has 8 heteroatoms. The zero-order chi connectivity index (χ0) is 22.1. The first-order valence-electron chi connectivity index (χ1n) is 10.5. The van der Waals surface area contributed by atoms with Crippen molar-refractivity contribution in [1.29, 1.82) is 0 Å². The highest BCUT2D eigenvalue weighted by Crippen LogP contribution is 2.38. The van der Waals surface area contributed by atoms with Gasteiger partial charge in [0.15, 0.2) is 0 Å². The number of rotatable bonds is 3. The third-order valence-corrected chi connectivity index (χ3v) is 6.67. The van der Waals surface area contributed by atoms with Gasteiger partial charge in [-0.2, -0.15) is 0 Å². The summed E-state index contributed by atoms with van der Waals surface area (Å²) in [5.41, 5.74) is 4.25. The Hall–Kier alpha value is -1.83. The molecular weight excluding hydrogens is 435 g/mol. The van der Waals surface area contributed by atoms with Crippen LogP contribution in [0, 0.1) is 0 Å². The lowest BCUT2D eigenvalue weighted by Crippen LogP contribution is -2.46. The molecular formula is C23H28Cl2N4O2. The first-order chi connectivity index (χ1) is 14.8. The second-order valence-electron chi connectivity index (χ2n) is 8.44. The van der Waals surface area contributed by atoms with Gasteiger partial charge in [-0.15, -0.1) is 5.06 Å². The minimum Gasteiger partial charge on any atom is -0.351 e. The second-order valence-corrected chi connectivity index (χ2v) is 9.29. The molecule has 0 radical (unpaired) electrons. The zero-order valence-corrected chi connectivity index (χ0v) is 19.7. The molecule has 31 heavy (non-hydrogen) atoms. The summed E-state index contributed by atoms with van der Waals surface area (Å²) in [4.78, 5) is 24.1. The van der Waals surface area contributed by atoms with Gasteiger partial charge in [-0.05, 0) is 55.1 Å². The Morgan fingerprint density at radius 2 is 1.71 bits per heavy atom. The van der Waals surface area contributed by atoms with Gasteiger partial charge in [0, 0.05) is 68.0 Å². The summed E-state index contributed by atoms with van der Waals surface area (Å²) in [6.07, 6.45) is -0.376. The number of benzene rings is 2. The predicted octanol–water partition coefficient (Wildman–Crippen LogP) is 4.31. The highest BCUT2D eigenvalue weighted by molar-refractivity contribution is 6.35. The lowest BCUT2D eigenvalue weighted by molar-refractivity contribution is -0.117. The van der Waals surface area contributed by atoms with Crippen LogP contribution in [0.1, 0.15) is 22.6 Å². The topological polar surface area (TPSA) is 39.3 Å². The van der Waals surface area contributed by atoms with E-state index in [4.69, 9.17) is 28.0 Å². The van der Waals surface area contributed by atoms with E-state index in [1.54, 1.807) is 12.1 Å². The maximum Gasteiger partial charge on any atom is 0.433 e.